The zero-order valence-electron chi connectivity index (χ0n) is 13.0. The average Bonchev–Trinajstić information content (AvgIpc) is 2.86. The minimum absolute atomic E-state index is 0.00310. The van der Waals surface area contributed by atoms with Crippen LogP contribution in [-0.2, 0) is 4.79 Å². The summed E-state index contributed by atoms with van der Waals surface area (Å²) in [5, 5.41) is 14.6. The molecule has 120 valence electrons. The highest BCUT2D eigenvalue weighted by molar-refractivity contribution is 5.96. The molecule has 0 aromatic heterocycles. The molecule has 1 fully saturated rings. The van der Waals surface area contributed by atoms with Gasteiger partial charge in [-0.1, -0.05) is 24.6 Å². The Morgan fingerprint density at radius 3 is 2.68 bits per heavy atom. The molecule has 2 atom stereocenters. The molecule has 6 nitrogen and oxygen atoms in total. The SMILES string of the molecule is CC[C@H](CO)NC(=O)N[C@@H]1CC(=O)N(c2ccc(C)cc2)C1. The van der Waals surface area contributed by atoms with Crippen molar-refractivity contribution in [3.63, 3.8) is 0 Å². The molecule has 1 heterocycles. The van der Waals surface area contributed by atoms with Gasteiger partial charge >= 0.3 is 6.03 Å². The van der Waals surface area contributed by atoms with Crippen LogP contribution in [0, 0.1) is 6.92 Å². The molecule has 0 saturated carbocycles. The molecule has 0 spiro atoms. The van der Waals surface area contributed by atoms with Gasteiger partial charge in [-0.05, 0) is 25.5 Å². The third kappa shape index (κ3) is 3.98. The summed E-state index contributed by atoms with van der Waals surface area (Å²) in [6.07, 6.45) is 0.945. The lowest BCUT2D eigenvalue weighted by molar-refractivity contribution is -0.117. The first-order chi connectivity index (χ1) is 10.5. The Hall–Kier alpha value is -2.08. The van der Waals surface area contributed by atoms with Crippen LogP contribution >= 0.6 is 0 Å². The van der Waals surface area contributed by atoms with Crippen LogP contribution in [0.15, 0.2) is 24.3 Å². The number of rotatable bonds is 5. The summed E-state index contributed by atoms with van der Waals surface area (Å²) < 4.78 is 0. The number of hydrogen-bond acceptors (Lipinski definition) is 3. The zero-order valence-corrected chi connectivity index (χ0v) is 13.0. The van der Waals surface area contributed by atoms with Crippen molar-refractivity contribution in [1.29, 1.82) is 0 Å². The number of amides is 3. The first-order valence-corrected chi connectivity index (χ1v) is 7.58. The molecule has 1 aromatic rings. The number of aryl methyl sites for hydroxylation is 1. The number of urea groups is 1. The van der Waals surface area contributed by atoms with E-state index in [1.165, 1.54) is 0 Å². The maximum Gasteiger partial charge on any atom is 0.315 e. The second-order valence-electron chi connectivity index (χ2n) is 5.65. The third-order valence-corrected chi connectivity index (χ3v) is 3.85. The lowest BCUT2D eigenvalue weighted by Crippen LogP contribution is -2.48. The molecule has 0 unspecified atom stereocenters. The maximum absolute atomic E-state index is 12.1. The fraction of sp³-hybridized carbons (Fsp3) is 0.500. The van der Waals surface area contributed by atoms with Crippen molar-refractivity contribution in [1.82, 2.24) is 10.6 Å². The van der Waals surface area contributed by atoms with Gasteiger partial charge in [0.25, 0.3) is 0 Å². The first kappa shape index (κ1) is 16.3. The summed E-state index contributed by atoms with van der Waals surface area (Å²) >= 11 is 0. The largest absolute Gasteiger partial charge is 0.394 e. The van der Waals surface area contributed by atoms with E-state index in [1.807, 2.05) is 38.1 Å². The van der Waals surface area contributed by atoms with Crippen LogP contribution in [0.5, 0.6) is 0 Å². The molecule has 1 aliphatic heterocycles. The van der Waals surface area contributed by atoms with E-state index in [1.54, 1.807) is 4.90 Å². The number of carbonyl (C=O) groups is 2. The first-order valence-electron chi connectivity index (χ1n) is 7.58. The van der Waals surface area contributed by atoms with E-state index in [4.69, 9.17) is 5.11 Å². The van der Waals surface area contributed by atoms with E-state index in [0.29, 0.717) is 13.0 Å². The highest BCUT2D eigenvalue weighted by atomic mass is 16.3. The second kappa shape index (κ2) is 7.26. The van der Waals surface area contributed by atoms with Crippen molar-refractivity contribution >= 4 is 17.6 Å². The van der Waals surface area contributed by atoms with Gasteiger partial charge in [-0.25, -0.2) is 4.79 Å². The van der Waals surface area contributed by atoms with E-state index >= 15 is 0 Å². The molecule has 2 rings (SSSR count). The van der Waals surface area contributed by atoms with Crippen LogP contribution in [0.4, 0.5) is 10.5 Å². The monoisotopic (exact) mass is 305 g/mol. The number of aliphatic hydroxyl groups is 1. The Bertz CT molecular complexity index is 526. The Kier molecular flexibility index (Phi) is 5.38. The summed E-state index contributed by atoms with van der Waals surface area (Å²) in [5.74, 6) is 0.00310. The average molecular weight is 305 g/mol. The smallest absolute Gasteiger partial charge is 0.315 e. The van der Waals surface area contributed by atoms with E-state index in [-0.39, 0.29) is 37.0 Å². The molecule has 1 saturated heterocycles. The molecule has 1 aliphatic rings. The third-order valence-electron chi connectivity index (χ3n) is 3.85. The summed E-state index contributed by atoms with van der Waals surface area (Å²) in [7, 11) is 0. The van der Waals surface area contributed by atoms with Crippen LogP contribution < -0.4 is 15.5 Å². The van der Waals surface area contributed by atoms with Crippen molar-refractivity contribution in [2.75, 3.05) is 18.1 Å². The van der Waals surface area contributed by atoms with Crippen molar-refractivity contribution in [2.24, 2.45) is 0 Å². The summed E-state index contributed by atoms with van der Waals surface area (Å²) in [5.41, 5.74) is 1.99. The van der Waals surface area contributed by atoms with Gasteiger partial charge in [-0.2, -0.15) is 0 Å². The molecule has 0 aliphatic carbocycles. The van der Waals surface area contributed by atoms with Crippen molar-refractivity contribution < 1.29 is 14.7 Å². The van der Waals surface area contributed by atoms with Gasteiger partial charge in [-0.3, -0.25) is 4.79 Å². The summed E-state index contributed by atoms with van der Waals surface area (Å²) in [6.45, 7) is 4.25. The highest BCUT2D eigenvalue weighted by Gasteiger charge is 2.31. The van der Waals surface area contributed by atoms with Crippen LogP contribution in [0.3, 0.4) is 0 Å². The van der Waals surface area contributed by atoms with Crippen LogP contribution in [0.2, 0.25) is 0 Å². The molecule has 22 heavy (non-hydrogen) atoms. The molecule has 1 aromatic carbocycles. The minimum atomic E-state index is -0.343. The van der Waals surface area contributed by atoms with Crippen molar-refractivity contribution in [3.05, 3.63) is 29.8 Å². The maximum atomic E-state index is 12.1. The van der Waals surface area contributed by atoms with Gasteiger partial charge in [-0.15, -0.1) is 0 Å². The number of hydrogen-bond donors (Lipinski definition) is 3. The number of anilines is 1. The Labute approximate surface area is 130 Å². The van der Waals surface area contributed by atoms with Gasteiger partial charge in [0.05, 0.1) is 18.7 Å². The van der Waals surface area contributed by atoms with Gasteiger partial charge in [0.15, 0.2) is 0 Å². The molecular formula is C16H23N3O3. The lowest BCUT2D eigenvalue weighted by Gasteiger charge is -2.19. The Morgan fingerprint density at radius 2 is 2.09 bits per heavy atom. The summed E-state index contributed by atoms with van der Waals surface area (Å²) in [6, 6.07) is 6.93. The molecule has 0 radical (unpaired) electrons. The van der Waals surface area contributed by atoms with E-state index in [2.05, 4.69) is 10.6 Å². The molecule has 3 N–H and O–H groups in total. The van der Waals surface area contributed by atoms with Gasteiger partial charge in [0.1, 0.15) is 0 Å². The Balaban J connectivity index is 1.92. The predicted octanol–water partition coefficient (Wildman–Crippen LogP) is 1.17. The van der Waals surface area contributed by atoms with E-state index in [9.17, 15) is 9.59 Å². The van der Waals surface area contributed by atoms with Crippen molar-refractivity contribution in [2.45, 2.75) is 38.8 Å². The fourth-order valence-electron chi connectivity index (χ4n) is 2.47. The zero-order chi connectivity index (χ0) is 16.1. The number of aliphatic hydroxyl groups excluding tert-OH is 1. The van der Waals surface area contributed by atoms with Gasteiger partial charge in [0, 0.05) is 18.7 Å². The predicted molar refractivity (Wildman–Crippen MR) is 84.8 cm³/mol. The molecular weight excluding hydrogens is 282 g/mol. The quantitative estimate of drug-likeness (QED) is 0.764. The summed E-state index contributed by atoms with van der Waals surface area (Å²) in [4.78, 5) is 25.6. The van der Waals surface area contributed by atoms with Crippen LogP contribution in [0.25, 0.3) is 0 Å². The standard InChI is InChI=1S/C16H23N3O3/c1-3-12(10-20)17-16(22)18-13-8-15(21)19(9-13)14-6-4-11(2)5-7-14/h4-7,12-13,20H,3,8-10H2,1-2H3,(H2,17,18,22)/t12-,13-/m1/s1. The van der Waals surface area contributed by atoms with Gasteiger partial charge in [0.2, 0.25) is 5.91 Å². The fourth-order valence-corrected chi connectivity index (χ4v) is 2.47. The molecule has 0 bridgehead atoms. The van der Waals surface area contributed by atoms with E-state index < -0.39 is 0 Å². The van der Waals surface area contributed by atoms with Crippen LogP contribution in [-0.4, -0.2) is 42.3 Å². The lowest BCUT2D eigenvalue weighted by atomic mass is 10.2. The van der Waals surface area contributed by atoms with Gasteiger partial charge < -0.3 is 20.6 Å². The normalized spacial score (nSPS) is 19.1. The number of benzene rings is 1. The Morgan fingerprint density at radius 1 is 1.41 bits per heavy atom. The second-order valence-corrected chi connectivity index (χ2v) is 5.65. The van der Waals surface area contributed by atoms with E-state index in [0.717, 1.165) is 11.3 Å². The minimum Gasteiger partial charge on any atom is -0.394 e. The molecule has 6 heteroatoms. The highest BCUT2D eigenvalue weighted by Crippen LogP contribution is 2.21. The molecule has 3 amide bonds. The number of nitrogens with zero attached hydrogens (tertiary/aromatic N) is 1. The topological polar surface area (TPSA) is 81.7 Å². The van der Waals surface area contributed by atoms with Crippen molar-refractivity contribution in [3.8, 4) is 0 Å². The van der Waals surface area contributed by atoms with Crippen LogP contribution in [0.1, 0.15) is 25.3 Å². The number of nitrogens with one attached hydrogen (secondary N) is 2. The number of carbonyl (C=O) groups excluding carboxylic acids is 2.